The molecular formula is C21H20N4O. The standard InChI is InChI=1S/C21H20N4O/c26-21(18-13-17(18)15-7-3-1-4-8-15)24-11-12-25-19(14-24)22-23-20(25)16-9-5-2-6-10-16/h1-10,17-18H,11-14H2/t17-,18-/m0/s1. The van der Waals surface area contributed by atoms with Crippen molar-refractivity contribution in [3.63, 3.8) is 0 Å². The number of nitrogens with zero attached hydrogens (tertiary/aromatic N) is 4. The Kier molecular flexibility index (Phi) is 3.59. The Labute approximate surface area is 152 Å². The van der Waals surface area contributed by atoms with E-state index in [1.165, 1.54) is 5.56 Å². The highest BCUT2D eigenvalue weighted by Gasteiger charge is 2.46. The molecule has 1 fully saturated rings. The van der Waals surface area contributed by atoms with Crippen LogP contribution in [-0.4, -0.2) is 32.1 Å². The van der Waals surface area contributed by atoms with Gasteiger partial charge in [-0.25, -0.2) is 0 Å². The summed E-state index contributed by atoms with van der Waals surface area (Å²) in [5.41, 5.74) is 2.34. The van der Waals surface area contributed by atoms with Crippen molar-refractivity contribution in [1.29, 1.82) is 0 Å². The summed E-state index contributed by atoms with van der Waals surface area (Å²) in [5.74, 6) is 2.53. The SMILES string of the molecule is O=C([C@H]1C[C@H]1c1ccccc1)N1CCn2c(nnc2-c2ccccc2)C1. The number of benzene rings is 2. The van der Waals surface area contributed by atoms with Gasteiger partial charge in [-0.05, 0) is 17.9 Å². The number of carbonyl (C=O) groups excluding carboxylic acids is 1. The number of fused-ring (bicyclic) bond motifs is 1. The summed E-state index contributed by atoms with van der Waals surface area (Å²) in [4.78, 5) is 14.8. The molecule has 0 spiro atoms. The predicted molar refractivity (Wildman–Crippen MR) is 98.2 cm³/mol. The Morgan fingerprint density at radius 2 is 1.65 bits per heavy atom. The maximum absolute atomic E-state index is 12.9. The van der Waals surface area contributed by atoms with Gasteiger partial charge in [0.2, 0.25) is 5.91 Å². The third-order valence-corrected chi connectivity index (χ3v) is 5.43. The number of carbonyl (C=O) groups is 1. The van der Waals surface area contributed by atoms with Crippen LogP contribution in [0.25, 0.3) is 11.4 Å². The Hall–Kier alpha value is -2.95. The van der Waals surface area contributed by atoms with Crippen molar-refractivity contribution < 1.29 is 4.79 Å². The minimum Gasteiger partial charge on any atom is -0.333 e. The van der Waals surface area contributed by atoms with Crippen LogP contribution in [0.5, 0.6) is 0 Å². The van der Waals surface area contributed by atoms with Gasteiger partial charge < -0.3 is 9.47 Å². The molecule has 0 radical (unpaired) electrons. The van der Waals surface area contributed by atoms with E-state index < -0.39 is 0 Å². The fraction of sp³-hybridized carbons (Fsp3) is 0.286. The van der Waals surface area contributed by atoms with E-state index in [2.05, 4.69) is 26.9 Å². The highest BCUT2D eigenvalue weighted by atomic mass is 16.2. The van der Waals surface area contributed by atoms with Crippen molar-refractivity contribution in [2.45, 2.75) is 25.4 Å². The lowest BCUT2D eigenvalue weighted by Crippen LogP contribution is -2.39. The van der Waals surface area contributed by atoms with E-state index in [1.54, 1.807) is 0 Å². The lowest BCUT2D eigenvalue weighted by atomic mass is 10.1. The van der Waals surface area contributed by atoms with E-state index in [1.807, 2.05) is 53.4 Å². The molecule has 1 aromatic heterocycles. The molecule has 2 aromatic carbocycles. The number of hydrogen-bond acceptors (Lipinski definition) is 3. The molecule has 1 saturated carbocycles. The van der Waals surface area contributed by atoms with Crippen molar-refractivity contribution in [3.8, 4) is 11.4 Å². The quantitative estimate of drug-likeness (QED) is 0.734. The second kappa shape index (κ2) is 6.09. The first-order chi connectivity index (χ1) is 12.8. The largest absolute Gasteiger partial charge is 0.333 e. The Morgan fingerprint density at radius 1 is 0.923 bits per heavy atom. The zero-order valence-electron chi connectivity index (χ0n) is 14.5. The van der Waals surface area contributed by atoms with E-state index in [-0.39, 0.29) is 11.8 Å². The number of rotatable bonds is 3. The molecule has 2 aliphatic rings. The predicted octanol–water partition coefficient (Wildman–Crippen LogP) is 3.09. The monoisotopic (exact) mass is 344 g/mol. The van der Waals surface area contributed by atoms with Gasteiger partial charge in [0.1, 0.15) is 0 Å². The van der Waals surface area contributed by atoms with Gasteiger partial charge in [0.15, 0.2) is 11.6 Å². The van der Waals surface area contributed by atoms with E-state index in [0.29, 0.717) is 12.5 Å². The van der Waals surface area contributed by atoms with Gasteiger partial charge in [-0.1, -0.05) is 60.7 Å². The molecule has 1 aliphatic heterocycles. The van der Waals surface area contributed by atoms with Crippen LogP contribution >= 0.6 is 0 Å². The van der Waals surface area contributed by atoms with Crippen molar-refractivity contribution in [2.24, 2.45) is 5.92 Å². The van der Waals surface area contributed by atoms with Crippen LogP contribution in [0.4, 0.5) is 0 Å². The molecular weight excluding hydrogens is 324 g/mol. The second-order valence-electron chi connectivity index (χ2n) is 7.08. The molecule has 130 valence electrons. The average molecular weight is 344 g/mol. The first-order valence-electron chi connectivity index (χ1n) is 9.12. The topological polar surface area (TPSA) is 51.0 Å². The zero-order valence-corrected chi connectivity index (χ0v) is 14.5. The van der Waals surface area contributed by atoms with E-state index in [4.69, 9.17) is 0 Å². The maximum atomic E-state index is 12.9. The summed E-state index contributed by atoms with van der Waals surface area (Å²) in [6.45, 7) is 2.03. The third kappa shape index (κ3) is 2.60. The van der Waals surface area contributed by atoms with Crippen LogP contribution < -0.4 is 0 Å². The summed E-state index contributed by atoms with van der Waals surface area (Å²) in [5, 5.41) is 8.70. The Balaban J connectivity index is 1.31. The van der Waals surface area contributed by atoms with Crippen LogP contribution in [0.1, 0.15) is 23.7 Å². The van der Waals surface area contributed by atoms with Crippen molar-refractivity contribution >= 4 is 5.91 Å². The van der Waals surface area contributed by atoms with Crippen LogP contribution in [0.2, 0.25) is 0 Å². The highest BCUT2D eigenvalue weighted by molar-refractivity contribution is 5.83. The second-order valence-corrected chi connectivity index (χ2v) is 7.08. The van der Waals surface area contributed by atoms with Gasteiger partial charge in [-0.3, -0.25) is 4.79 Å². The summed E-state index contributed by atoms with van der Waals surface area (Å²) < 4.78 is 2.14. The fourth-order valence-corrected chi connectivity index (χ4v) is 3.92. The third-order valence-electron chi connectivity index (χ3n) is 5.43. The molecule has 0 N–H and O–H groups in total. The van der Waals surface area contributed by atoms with Crippen LogP contribution in [0.3, 0.4) is 0 Å². The van der Waals surface area contributed by atoms with Crippen molar-refractivity contribution in [1.82, 2.24) is 19.7 Å². The molecule has 5 rings (SSSR count). The molecule has 26 heavy (non-hydrogen) atoms. The average Bonchev–Trinajstić information content (AvgIpc) is 3.40. The summed E-state index contributed by atoms with van der Waals surface area (Å²) in [6.07, 6.45) is 0.960. The van der Waals surface area contributed by atoms with Crippen LogP contribution in [-0.2, 0) is 17.9 Å². The van der Waals surface area contributed by atoms with Crippen molar-refractivity contribution in [2.75, 3.05) is 6.54 Å². The number of aromatic nitrogens is 3. The Morgan fingerprint density at radius 3 is 2.42 bits per heavy atom. The first-order valence-corrected chi connectivity index (χ1v) is 9.12. The minimum absolute atomic E-state index is 0.125. The molecule has 1 aliphatic carbocycles. The van der Waals surface area contributed by atoms with Gasteiger partial charge >= 0.3 is 0 Å². The van der Waals surface area contributed by atoms with E-state index in [9.17, 15) is 4.79 Å². The molecule has 1 amide bonds. The lowest BCUT2D eigenvalue weighted by molar-refractivity contribution is -0.134. The van der Waals surface area contributed by atoms with Crippen LogP contribution in [0.15, 0.2) is 60.7 Å². The van der Waals surface area contributed by atoms with Gasteiger partial charge in [0.05, 0.1) is 6.54 Å². The molecule has 2 atom stereocenters. The molecule has 0 unspecified atom stereocenters. The van der Waals surface area contributed by atoms with Crippen molar-refractivity contribution in [3.05, 3.63) is 72.1 Å². The summed E-state index contributed by atoms with van der Waals surface area (Å²) in [7, 11) is 0. The van der Waals surface area contributed by atoms with Gasteiger partial charge in [0, 0.05) is 24.6 Å². The minimum atomic E-state index is 0.125. The summed E-state index contributed by atoms with van der Waals surface area (Å²) in [6, 6.07) is 20.5. The van der Waals surface area contributed by atoms with Gasteiger partial charge in [-0.2, -0.15) is 0 Å². The van der Waals surface area contributed by atoms with Gasteiger partial charge in [0.25, 0.3) is 0 Å². The van der Waals surface area contributed by atoms with E-state index in [0.717, 1.165) is 36.7 Å². The highest BCUT2D eigenvalue weighted by Crippen LogP contribution is 2.48. The van der Waals surface area contributed by atoms with Crippen LogP contribution in [0, 0.1) is 5.92 Å². The molecule has 5 heteroatoms. The molecule has 0 bridgehead atoms. The zero-order chi connectivity index (χ0) is 17.5. The van der Waals surface area contributed by atoms with E-state index >= 15 is 0 Å². The number of amides is 1. The Bertz CT molecular complexity index is 935. The smallest absolute Gasteiger partial charge is 0.226 e. The molecule has 2 heterocycles. The normalized spacial score (nSPS) is 21.3. The number of hydrogen-bond donors (Lipinski definition) is 0. The lowest BCUT2D eigenvalue weighted by Gasteiger charge is -2.28. The van der Waals surface area contributed by atoms with Gasteiger partial charge in [-0.15, -0.1) is 10.2 Å². The first kappa shape index (κ1) is 15.3. The molecule has 0 saturated heterocycles. The molecule has 3 aromatic rings. The maximum Gasteiger partial charge on any atom is 0.226 e. The molecule has 5 nitrogen and oxygen atoms in total. The summed E-state index contributed by atoms with van der Waals surface area (Å²) >= 11 is 0. The fourth-order valence-electron chi connectivity index (χ4n) is 3.92.